The first-order chi connectivity index (χ1) is 21.5. The molecule has 0 heterocycles. The van der Waals surface area contributed by atoms with Crippen LogP contribution in [0.1, 0.15) is 91.9 Å². The average Bonchev–Trinajstić information content (AvgIpc) is 3.35. The van der Waals surface area contributed by atoms with Gasteiger partial charge in [0, 0.05) is 23.9 Å². The first-order valence-corrected chi connectivity index (χ1v) is 17.3. The summed E-state index contributed by atoms with van der Waals surface area (Å²) in [5.74, 6) is -0.0698. The van der Waals surface area contributed by atoms with E-state index in [0.29, 0.717) is 44.2 Å². The smallest absolute Gasteiger partial charge is 0.145 e. The van der Waals surface area contributed by atoms with Crippen molar-refractivity contribution in [1.29, 1.82) is 0 Å². The zero-order valence-corrected chi connectivity index (χ0v) is 28.6. The summed E-state index contributed by atoms with van der Waals surface area (Å²) in [6.07, 6.45) is 20.3. The largest absolute Gasteiger partial charge is 0.396 e. The van der Waals surface area contributed by atoms with Gasteiger partial charge in [-0.25, -0.2) is 0 Å². The molecule has 6 nitrogen and oxygen atoms in total. The Hall–Kier alpha value is -2.09. The van der Waals surface area contributed by atoms with E-state index in [9.17, 15) is 25.2 Å². The highest BCUT2D eigenvalue weighted by Crippen LogP contribution is 2.67. The molecule has 0 aromatic heterocycles. The lowest BCUT2D eigenvalue weighted by atomic mass is 9.45. The topological polar surface area (TPSA) is 110 Å². The van der Waals surface area contributed by atoms with Gasteiger partial charge in [0.1, 0.15) is 6.29 Å². The van der Waals surface area contributed by atoms with Crippen LogP contribution in [0.25, 0.3) is 0 Å². The molecule has 2 bridgehead atoms. The minimum Gasteiger partial charge on any atom is -0.396 e. The van der Waals surface area contributed by atoms with Crippen LogP contribution in [0.4, 0.5) is 0 Å². The lowest BCUT2D eigenvalue weighted by Gasteiger charge is -2.61. The Kier molecular flexibility index (Phi) is 14.3. The molecule has 7 atom stereocenters. The summed E-state index contributed by atoms with van der Waals surface area (Å²) in [7, 11) is 1.86. The van der Waals surface area contributed by atoms with Crippen LogP contribution in [0.15, 0.2) is 70.9 Å². The van der Waals surface area contributed by atoms with E-state index in [1.54, 1.807) is 0 Å². The molecule has 45 heavy (non-hydrogen) atoms. The van der Waals surface area contributed by atoms with Crippen molar-refractivity contribution in [3.05, 3.63) is 70.9 Å². The van der Waals surface area contributed by atoms with E-state index in [1.165, 1.54) is 18.4 Å². The molecule has 2 fully saturated rings. The molecule has 3 aliphatic rings. The van der Waals surface area contributed by atoms with E-state index in [-0.39, 0.29) is 36.9 Å². The van der Waals surface area contributed by atoms with E-state index in [1.807, 2.05) is 32.2 Å². The molecular formula is C39H61NO5. The number of rotatable bonds is 17. The average molecular weight is 624 g/mol. The number of hydrogen-bond acceptors (Lipinski definition) is 6. The second-order valence-corrected chi connectivity index (χ2v) is 14.4. The van der Waals surface area contributed by atoms with E-state index >= 15 is 0 Å². The zero-order chi connectivity index (χ0) is 33.2. The standard InChI is InChI=1S/C39H61NO5/c1-27(2)10-7-11-28(3)12-8-13-29(4)14-9-15-33(26-43)34-18-20-39(37(34)44)36-31(19-23-41)16-17-32(35(36)30(5)25-42)24-38(39,45)21-22-40-6/h9,12,14-17,25,27,31-32,34,36-37,40-41,43-45H,4,7-8,10-11,13,18-24,26H2,1-3,5-6H3/b14-9+,28-12+,33-15-,35-30?/t31-,32-,34-,36-,37+,38+,39+/m0/s1. The number of carbonyl (C=O) groups excluding carboxylic acids is 1. The number of allylic oxidation sites excluding steroid dienone is 10. The van der Waals surface area contributed by atoms with Crippen molar-refractivity contribution in [3.63, 3.8) is 0 Å². The van der Waals surface area contributed by atoms with Gasteiger partial charge in [0.15, 0.2) is 0 Å². The van der Waals surface area contributed by atoms with E-state index in [2.05, 4.69) is 50.9 Å². The second kappa shape index (κ2) is 17.2. The van der Waals surface area contributed by atoms with Gasteiger partial charge >= 0.3 is 0 Å². The quantitative estimate of drug-likeness (QED) is 0.0556. The highest BCUT2D eigenvalue weighted by Gasteiger charge is 2.68. The van der Waals surface area contributed by atoms with Crippen LogP contribution >= 0.6 is 0 Å². The third-order valence-corrected chi connectivity index (χ3v) is 11.0. The monoisotopic (exact) mass is 623 g/mol. The molecule has 0 radical (unpaired) electrons. The molecule has 0 amide bonds. The molecule has 0 unspecified atom stereocenters. The van der Waals surface area contributed by atoms with Crippen LogP contribution in [0, 0.1) is 35.0 Å². The lowest BCUT2D eigenvalue weighted by Crippen LogP contribution is -2.65. The lowest BCUT2D eigenvalue weighted by molar-refractivity contribution is -0.194. The van der Waals surface area contributed by atoms with E-state index < -0.39 is 17.1 Å². The van der Waals surface area contributed by atoms with Gasteiger partial charge in [-0.2, -0.15) is 0 Å². The summed E-state index contributed by atoms with van der Waals surface area (Å²) in [4.78, 5) is 12.1. The first-order valence-electron chi connectivity index (χ1n) is 17.3. The Bertz CT molecular complexity index is 1160. The fourth-order valence-corrected chi connectivity index (χ4v) is 8.69. The van der Waals surface area contributed by atoms with Gasteiger partial charge in [0.25, 0.3) is 0 Å². The van der Waals surface area contributed by atoms with Gasteiger partial charge in [0.05, 0.1) is 18.3 Å². The summed E-state index contributed by atoms with van der Waals surface area (Å²) in [5.41, 5.74) is 2.73. The first kappa shape index (κ1) is 37.4. The molecule has 3 rings (SSSR count). The van der Waals surface area contributed by atoms with Crippen molar-refractivity contribution in [1.82, 2.24) is 5.32 Å². The normalized spacial score (nSPS) is 33.1. The number of aliphatic hydroxyl groups is 4. The van der Waals surface area contributed by atoms with Crippen LogP contribution < -0.4 is 5.32 Å². The predicted molar refractivity (Wildman–Crippen MR) is 184 cm³/mol. The van der Waals surface area contributed by atoms with Crippen LogP contribution in [0.3, 0.4) is 0 Å². The van der Waals surface area contributed by atoms with Crippen molar-refractivity contribution in [3.8, 4) is 0 Å². The van der Waals surface area contributed by atoms with Gasteiger partial charge < -0.3 is 25.7 Å². The summed E-state index contributed by atoms with van der Waals surface area (Å²) >= 11 is 0. The van der Waals surface area contributed by atoms with Crippen LogP contribution in [-0.2, 0) is 4.79 Å². The summed E-state index contributed by atoms with van der Waals surface area (Å²) in [5, 5.41) is 48.6. The van der Waals surface area contributed by atoms with E-state index in [4.69, 9.17) is 0 Å². The fraction of sp³-hybridized carbons (Fsp3) is 0.667. The molecule has 2 saturated carbocycles. The molecule has 252 valence electrons. The maximum atomic E-state index is 12.6. The molecule has 6 heteroatoms. The van der Waals surface area contributed by atoms with Crippen molar-refractivity contribution in [2.24, 2.45) is 35.0 Å². The highest BCUT2D eigenvalue weighted by atomic mass is 16.3. The minimum atomic E-state index is -1.18. The molecule has 3 aliphatic carbocycles. The SMILES string of the molecule is C=C(/C=C/C=C(/CO)[C@@H]1CC[C@]2([C@@H]1O)[C@@H]1C(=C(C)C=O)[C@@H](C=C[C@H]1CCO)C[C@]2(O)CCNC)CC/C=C(\C)CCCC(C)C. The van der Waals surface area contributed by atoms with Crippen molar-refractivity contribution in [2.45, 2.75) is 104 Å². The molecule has 0 aromatic carbocycles. The van der Waals surface area contributed by atoms with Crippen molar-refractivity contribution < 1.29 is 25.2 Å². The van der Waals surface area contributed by atoms with Gasteiger partial charge in [-0.15, -0.1) is 0 Å². The highest BCUT2D eigenvalue weighted by molar-refractivity contribution is 5.74. The summed E-state index contributed by atoms with van der Waals surface area (Å²) < 4.78 is 0. The molecule has 1 spiro atoms. The Morgan fingerprint density at radius 1 is 1.20 bits per heavy atom. The molecule has 5 N–H and O–H groups in total. The Balaban J connectivity index is 1.86. The number of fused-ring (bicyclic) bond motifs is 3. The Morgan fingerprint density at radius 2 is 1.96 bits per heavy atom. The van der Waals surface area contributed by atoms with Crippen LogP contribution in [0.2, 0.25) is 0 Å². The number of carbonyl (C=O) groups is 1. The van der Waals surface area contributed by atoms with Gasteiger partial charge in [-0.05, 0) is 114 Å². The number of hydrogen-bond donors (Lipinski definition) is 5. The Morgan fingerprint density at radius 3 is 2.60 bits per heavy atom. The van der Waals surface area contributed by atoms with Gasteiger partial charge in [0.2, 0.25) is 0 Å². The van der Waals surface area contributed by atoms with Crippen LogP contribution in [0.5, 0.6) is 0 Å². The summed E-state index contributed by atoms with van der Waals surface area (Å²) in [6.45, 7) is 13.2. The van der Waals surface area contributed by atoms with Crippen molar-refractivity contribution in [2.75, 3.05) is 26.8 Å². The van der Waals surface area contributed by atoms with Gasteiger partial charge in [-0.1, -0.05) is 80.0 Å². The summed E-state index contributed by atoms with van der Waals surface area (Å²) in [6, 6.07) is 0. The zero-order valence-electron chi connectivity index (χ0n) is 28.6. The van der Waals surface area contributed by atoms with Crippen LogP contribution in [-0.4, -0.2) is 65.2 Å². The Labute approximate surface area is 272 Å². The van der Waals surface area contributed by atoms with Gasteiger partial charge in [-0.3, -0.25) is 4.79 Å². The van der Waals surface area contributed by atoms with Crippen molar-refractivity contribution >= 4 is 6.29 Å². The molecule has 0 aliphatic heterocycles. The number of nitrogens with one attached hydrogen (secondary N) is 1. The third-order valence-electron chi connectivity index (χ3n) is 11.0. The molecule has 0 aromatic rings. The molecule has 0 saturated heterocycles. The number of aldehydes is 1. The maximum Gasteiger partial charge on any atom is 0.145 e. The fourth-order valence-electron chi connectivity index (χ4n) is 8.69. The predicted octanol–water partition coefficient (Wildman–Crippen LogP) is 6.39. The van der Waals surface area contributed by atoms with E-state index in [0.717, 1.165) is 48.2 Å². The molecular weight excluding hydrogens is 562 g/mol. The number of aliphatic hydroxyl groups excluding tert-OH is 3. The minimum absolute atomic E-state index is 0.0158. The second-order valence-electron chi connectivity index (χ2n) is 14.4. The third kappa shape index (κ3) is 8.44. The maximum absolute atomic E-state index is 12.6.